The van der Waals surface area contributed by atoms with Crippen LogP contribution < -0.4 is 5.56 Å². The molecule has 1 saturated carbocycles. The fraction of sp³-hybridized carbons (Fsp3) is 0.640. The first kappa shape index (κ1) is 29.1. The highest BCUT2D eigenvalue weighted by atomic mass is 35.5. The van der Waals surface area contributed by atoms with Crippen molar-refractivity contribution < 1.29 is 37.4 Å². The number of carbonyl (C=O) groups is 1. The van der Waals surface area contributed by atoms with Crippen LogP contribution in [0.2, 0.25) is 5.02 Å². The van der Waals surface area contributed by atoms with E-state index in [0.29, 0.717) is 22.3 Å². The lowest BCUT2D eigenvalue weighted by Crippen LogP contribution is -2.34. The predicted octanol–water partition coefficient (Wildman–Crippen LogP) is 4.30. The second-order valence-electron chi connectivity index (χ2n) is 9.53. The van der Waals surface area contributed by atoms with Gasteiger partial charge in [0.1, 0.15) is 6.10 Å². The molecule has 1 aliphatic carbocycles. The quantitative estimate of drug-likeness (QED) is 0.284. The van der Waals surface area contributed by atoms with Crippen LogP contribution in [0.1, 0.15) is 47.1 Å². The molecule has 0 amide bonds. The van der Waals surface area contributed by atoms with Gasteiger partial charge in [-0.3, -0.25) is 13.9 Å². The van der Waals surface area contributed by atoms with E-state index in [4.69, 9.17) is 39.6 Å². The van der Waals surface area contributed by atoms with Crippen molar-refractivity contribution in [2.45, 2.75) is 70.9 Å². The number of esters is 1. The third kappa shape index (κ3) is 5.70. The van der Waals surface area contributed by atoms with Gasteiger partial charge >= 0.3 is 13.6 Å². The van der Waals surface area contributed by atoms with Crippen molar-refractivity contribution in [3.8, 4) is 0 Å². The topological polar surface area (TPSA) is 124 Å². The normalized spacial score (nSPS) is 25.4. The molecule has 1 aliphatic heterocycles. The first-order valence-electron chi connectivity index (χ1n) is 12.7. The van der Waals surface area contributed by atoms with Crippen molar-refractivity contribution in [3.63, 3.8) is 0 Å². The van der Waals surface area contributed by atoms with Gasteiger partial charge in [0.25, 0.3) is 11.4 Å². The number of carbonyl (C=O) groups excluding carboxylic acids is 1. The minimum absolute atomic E-state index is 0.0404. The summed E-state index contributed by atoms with van der Waals surface area (Å²) < 4.78 is 49.2. The van der Waals surface area contributed by atoms with Crippen LogP contribution in [0.25, 0.3) is 10.9 Å². The van der Waals surface area contributed by atoms with Crippen molar-refractivity contribution in [2.75, 3.05) is 26.4 Å². The Morgan fingerprint density at radius 3 is 2.53 bits per heavy atom. The van der Waals surface area contributed by atoms with Crippen LogP contribution in [0.4, 0.5) is 0 Å². The lowest BCUT2D eigenvalue weighted by atomic mass is 10.1. The molecule has 0 N–H and O–H groups in total. The van der Waals surface area contributed by atoms with Gasteiger partial charge in [0.05, 0.1) is 60.8 Å². The predicted molar refractivity (Wildman–Crippen MR) is 139 cm³/mol. The monoisotopic (exact) mass is 572 g/mol. The molecule has 1 aromatic heterocycles. The summed E-state index contributed by atoms with van der Waals surface area (Å²) in [5, 5.41) is 0.635. The van der Waals surface area contributed by atoms with Gasteiger partial charge in [-0.05, 0) is 53.2 Å². The highest BCUT2D eigenvalue weighted by Gasteiger charge is 2.55. The molecule has 210 valence electrons. The Labute approximate surface area is 226 Å². The maximum atomic E-state index is 13.5. The zero-order chi connectivity index (χ0) is 27.7. The zero-order valence-electron chi connectivity index (χ0n) is 22.1. The first-order valence-corrected chi connectivity index (χ1v) is 14.7. The van der Waals surface area contributed by atoms with Crippen LogP contribution >= 0.6 is 19.2 Å². The Bertz CT molecular complexity index is 1260. The molecule has 0 spiro atoms. The largest absolute Gasteiger partial charge is 0.464 e. The van der Waals surface area contributed by atoms with Crippen LogP contribution in [-0.2, 0) is 37.4 Å². The molecule has 0 radical (unpaired) electrons. The van der Waals surface area contributed by atoms with Crippen molar-refractivity contribution in [2.24, 2.45) is 5.92 Å². The summed E-state index contributed by atoms with van der Waals surface area (Å²) in [5.41, 5.74) is 0.206. The van der Waals surface area contributed by atoms with Gasteiger partial charge in [-0.1, -0.05) is 17.7 Å². The minimum Gasteiger partial charge on any atom is -0.464 e. The first-order chi connectivity index (χ1) is 18.0. The van der Waals surface area contributed by atoms with E-state index in [-0.39, 0.29) is 37.9 Å². The van der Waals surface area contributed by atoms with E-state index in [2.05, 4.69) is 4.98 Å². The van der Waals surface area contributed by atoms with E-state index < -0.39 is 43.4 Å². The Morgan fingerprint density at radius 1 is 1.18 bits per heavy atom. The van der Waals surface area contributed by atoms with Gasteiger partial charge < -0.3 is 28.0 Å². The molecule has 2 aliphatic rings. The standard InChI is InChI=1S/C25H34ClN2O9P/c1-6-32-23(30)24(38(31,34-7-2)35-8-3)33-13-15-12-18(21-20(15)36-25(4,5)37-21)28-14-27-17-11-9-10-16(26)19(17)22(28)29/h9-11,14-15,18,20-21,24H,6-8,12-13H2,1-5H3/t15-,18-,20-,21+,24?/m1/s1. The molecule has 38 heavy (non-hydrogen) atoms. The molecule has 5 atom stereocenters. The summed E-state index contributed by atoms with van der Waals surface area (Å²) in [6, 6.07) is 4.67. The number of nitrogens with zero attached hydrogens (tertiary/aromatic N) is 2. The van der Waals surface area contributed by atoms with Gasteiger partial charge in [-0.25, -0.2) is 9.78 Å². The number of rotatable bonds is 11. The molecule has 1 aromatic carbocycles. The molecule has 4 rings (SSSR count). The number of hydrogen-bond donors (Lipinski definition) is 0. The van der Waals surface area contributed by atoms with Crippen LogP contribution in [0.15, 0.2) is 29.3 Å². The van der Waals surface area contributed by atoms with Gasteiger partial charge in [-0.2, -0.15) is 0 Å². The van der Waals surface area contributed by atoms with Gasteiger partial charge in [0.15, 0.2) is 5.79 Å². The van der Waals surface area contributed by atoms with Gasteiger partial charge in [-0.15, -0.1) is 0 Å². The lowest BCUT2D eigenvalue weighted by Gasteiger charge is -2.27. The molecule has 1 unspecified atom stereocenters. The average molecular weight is 573 g/mol. The Hall–Kier alpha value is -1.85. The number of ether oxygens (including phenoxy) is 4. The maximum absolute atomic E-state index is 13.5. The molecular weight excluding hydrogens is 539 g/mol. The number of fused-ring (bicyclic) bond motifs is 2. The number of aromatic nitrogens is 2. The maximum Gasteiger partial charge on any atom is 0.370 e. The van der Waals surface area contributed by atoms with Crippen molar-refractivity contribution in [1.82, 2.24) is 9.55 Å². The number of halogens is 1. The lowest BCUT2D eigenvalue weighted by molar-refractivity contribution is -0.166. The van der Waals surface area contributed by atoms with Gasteiger partial charge in [0.2, 0.25) is 0 Å². The van der Waals surface area contributed by atoms with Crippen LogP contribution in [-0.4, -0.2) is 65.8 Å². The molecule has 2 fully saturated rings. The van der Waals surface area contributed by atoms with Gasteiger partial charge in [0, 0.05) is 5.92 Å². The van der Waals surface area contributed by atoms with E-state index in [0.717, 1.165) is 0 Å². The van der Waals surface area contributed by atoms with Crippen LogP contribution in [0.3, 0.4) is 0 Å². The summed E-state index contributed by atoms with van der Waals surface area (Å²) in [6.07, 6.45) is 0.932. The molecule has 1 saturated heterocycles. The van der Waals surface area contributed by atoms with Crippen molar-refractivity contribution >= 4 is 36.1 Å². The second-order valence-corrected chi connectivity index (χ2v) is 12.0. The van der Waals surface area contributed by atoms with E-state index in [9.17, 15) is 14.2 Å². The molecular formula is C25H34ClN2O9P. The van der Waals surface area contributed by atoms with E-state index in [1.807, 2.05) is 0 Å². The SMILES string of the molecule is CCOC(=O)C(OC[C@H]1C[C@@H](n2cnc3cccc(Cl)c3c2=O)[C@@H]2OC(C)(C)O[C@H]12)P(=O)(OCC)OCC. The van der Waals surface area contributed by atoms with Crippen LogP contribution in [0, 0.1) is 5.92 Å². The smallest absolute Gasteiger partial charge is 0.370 e. The molecule has 13 heteroatoms. The Balaban J connectivity index is 1.64. The average Bonchev–Trinajstić information content (AvgIpc) is 3.33. The fourth-order valence-corrected chi connectivity index (χ4v) is 7.03. The molecule has 2 heterocycles. The zero-order valence-corrected chi connectivity index (χ0v) is 23.8. The summed E-state index contributed by atoms with van der Waals surface area (Å²) in [7, 11) is -3.99. The van der Waals surface area contributed by atoms with E-state index >= 15 is 0 Å². The Morgan fingerprint density at radius 2 is 1.87 bits per heavy atom. The second kappa shape index (κ2) is 11.7. The third-order valence-corrected chi connectivity index (χ3v) is 9.02. The summed E-state index contributed by atoms with van der Waals surface area (Å²) in [4.78, 5) is 30.7. The molecule has 2 aromatic rings. The van der Waals surface area contributed by atoms with Crippen LogP contribution in [0.5, 0.6) is 0 Å². The molecule has 11 nitrogen and oxygen atoms in total. The van der Waals surface area contributed by atoms with Crippen molar-refractivity contribution in [3.05, 3.63) is 39.9 Å². The highest BCUT2D eigenvalue weighted by Crippen LogP contribution is 2.55. The summed E-state index contributed by atoms with van der Waals surface area (Å²) in [5.74, 6) is -3.64. The third-order valence-electron chi connectivity index (χ3n) is 6.53. The highest BCUT2D eigenvalue weighted by molar-refractivity contribution is 7.55. The minimum atomic E-state index is -3.99. The molecule has 0 bridgehead atoms. The van der Waals surface area contributed by atoms with E-state index in [1.54, 1.807) is 52.8 Å². The number of benzene rings is 1. The van der Waals surface area contributed by atoms with Crippen molar-refractivity contribution in [1.29, 1.82) is 0 Å². The number of hydrogen-bond acceptors (Lipinski definition) is 10. The van der Waals surface area contributed by atoms with E-state index in [1.165, 1.54) is 10.9 Å². The summed E-state index contributed by atoms with van der Waals surface area (Å²) in [6.45, 7) is 8.65. The summed E-state index contributed by atoms with van der Waals surface area (Å²) >= 11 is 6.34. The fourth-order valence-electron chi connectivity index (χ4n) is 5.12. The Kier molecular flexibility index (Phi) is 8.98.